The molecular weight excluding hydrogens is 444 g/mol. The van der Waals surface area contributed by atoms with E-state index in [0.717, 1.165) is 10.4 Å². The number of allylic oxidation sites excluding steroid dienone is 2. The van der Waals surface area contributed by atoms with Gasteiger partial charge in [0.15, 0.2) is 4.80 Å². The lowest BCUT2D eigenvalue weighted by atomic mass is 10.0. The third-order valence-corrected chi connectivity index (χ3v) is 6.84. The summed E-state index contributed by atoms with van der Waals surface area (Å²) in [5, 5.41) is 1.93. The highest BCUT2D eigenvalue weighted by atomic mass is 32.1. The maximum Gasteiger partial charge on any atom is 0.338 e. The highest BCUT2D eigenvalue weighted by molar-refractivity contribution is 7.10. The number of hydrogen-bond donors (Lipinski definition) is 0. The number of hydrogen-bond acceptors (Lipinski definition) is 7. The summed E-state index contributed by atoms with van der Waals surface area (Å²) in [6.45, 7) is 2.22. The zero-order valence-corrected chi connectivity index (χ0v) is 19.3. The van der Waals surface area contributed by atoms with Crippen molar-refractivity contribution >= 4 is 40.8 Å². The predicted molar refractivity (Wildman–Crippen MR) is 127 cm³/mol. The zero-order valence-electron chi connectivity index (χ0n) is 17.7. The number of thiophene rings is 1. The number of carbonyl (C=O) groups is 1. The second-order valence-corrected chi connectivity index (χ2v) is 9.01. The largest absolute Gasteiger partial charge is 0.460 e. The number of ether oxygens (including phenoxy) is 2. The average molecular weight is 467 g/mol. The first-order valence-corrected chi connectivity index (χ1v) is 11.7. The van der Waals surface area contributed by atoms with Crippen molar-refractivity contribution in [2.24, 2.45) is 4.99 Å². The summed E-state index contributed by atoms with van der Waals surface area (Å²) in [5.74, 6) is -0.486. The van der Waals surface area contributed by atoms with Crippen LogP contribution in [0.2, 0.25) is 0 Å². The molecule has 3 heterocycles. The number of esters is 1. The van der Waals surface area contributed by atoms with Gasteiger partial charge in [0.1, 0.15) is 12.6 Å². The molecule has 1 aliphatic rings. The first-order valence-electron chi connectivity index (χ1n) is 10.0. The van der Waals surface area contributed by atoms with Crippen molar-refractivity contribution < 1.29 is 14.3 Å². The van der Waals surface area contributed by atoms with Crippen molar-refractivity contribution in [3.05, 3.63) is 95.3 Å². The van der Waals surface area contributed by atoms with Crippen LogP contribution in [0.1, 0.15) is 23.4 Å². The standard InChI is InChI=1S/C24H22N2O4S2/c1-16-20(23(28)30-14-13-29-2)21(18-12-7-15-31-18)26-22(27)19(32-24(26)25-16)11-6-10-17-8-4-3-5-9-17/h3-12,15,21H,13-14H2,1-2H3/b10-6+,19-11+. The molecule has 0 saturated carbocycles. The van der Waals surface area contributed by atoms with E-state index in [-0.39, 0.29) is 12.2 Å². The van der Waals surface area contributed by atoms with Crippen LogP contribution in [0.25, 0.3) is 12.2 Å². The lowest BCUT2D eigenvalue weighted by Gasteiger charge is -2.23. The van der Waals surface area contributed by atoms with Gasteiger partial charge in [-0.15, -0.1) is 11.3 Å². The number of nitrogens with zero attached hydrogens (tertiary/aromatic N) is 2. The third kappa shape index (κ3) is 4.57. The second-order valence-electron chi connectivity index (χ2n) is 7.02. The van der Waals surface area contributed by atoms with Crippen molar-refractivity contribution in [2.75, 3.05) is 20.3 Å². The van der Waals surface area contributed by atoms with E-state index >= 15 is 0 Å². The number of benzene rings is 1. The van der Waals surface area contributed by atoms with Crippen LogP contribution in [0.15, 0.2) is 75.0 Å². The average Bonchev–Trinajstić information content (AvgIpc) is 3.42. The normalized spacial score (nSPS) is 16.3. The molecule has 1 aromatic carbocycles. The Morgan fingerprint density at radius 3 is 2.72 bits per heavy atom. The van der Waals surface area contributed by atoms with E-state index < -0.39 is 12.0 Å². The maximum atomic E-state index is 13.4. The Morgan fingerprint density at radius 1 is 1.19 bits per heavy atom. The Kier molecular flexibility index (Phi) is 6.94. The van der Waals surface area contributed by atoms with E-state index in [9.17, 15) is 9.59 Å². The zero-order chi connectivity index (χ0) is 22.5. The maximum absolute atomic E-state index is 13.4. The Balaban J connectivity index is 1.77. The molecule has 0 spiro atoms. The number of aromatic nitrogens is 1. The Bertz CT molecular complexity index is 1330. The van der Waals surface area contributed by atoms with Gasteiger partial charge in [-0.3, -0.25) is 9.36 Å². The minimum absolute atomic E-state index is 0.137. The minimum atomic E-state index is -0.568. The summed E-state index contributed by atoms with van der Waals surface area (Å²) in [6, 6.07) is 13.1. The molecule has 0 fully saturated rings. The molecule has 0 amide bonds. The molecule has 0 N–H and O–H groups in total. The molecule has 1 unspecified atom stereocenters. The molecule has 4 rings (SSSR count). The summed E-state index contributed by atoms with van der Waals surface area (Å²) >= 11 is 2.80. The lowest BCUT2D eigenvalue weighted by Crippen LogP contribution is -2.39. The number of carbonyl (C=O) groups excluding carboxylic acids is 1. The van der Waals surface area contributed by atoms with Crippen LogP contribution in [0.5, 0.6) is 0 Å². The van der Waals surface area contributed by atoms with Gasteiger partial charge in [0.2, 0.25) is 0 Å². The van der Waals surface area contributed by atoms with Crippen LogP contribution in [-0.2, 0) is 14.3 Å². The van der Waals surface area contributed by atoms with Gasteiger partial charge in [0.25, 0.3) is 5.56 Å². The first kappa shape index (κ1) is 22.1. The van der Waals surface area contributed by atoms with Gasteiger partial charge >= 0.3 is 5.97 Å². The quantitative estimate of drug-likeness (QED) is 0.396. The van der Waals surface area contributed by atoms with Crippen LogP contribution < -0.4 is 14.9 Å². The van der Waals surface area contributed by atoms with Crippen molar-refractivity contribution in [1.29, 1.82) is 0 Å². The molecule has 8 heteroatoms. The van der Waals surface area contributed by atoms with E-state index in [1.807, 2.05) is 60.0 Å². The molecule has 1 atom stereocenters. The van der Waals surface area contributed by atoms with Crippen LogP contribution in [0.4, 0.5) is 0 Å². The van der Waals surface area contributed by atoms with Gasteiger partial charge in [-0.1, -0.05) is 59.9 Å². The van der Waals surface area contributed by atoms with Gasteiger partial charge in [-0.2, -0.15) is 0 Å². The van der Waals surface area contributed by atoms with Gasteiger partial charge < -0.3 is 9.47 Å². The molecule has 3 aromatic rings. The molecule has 0 aliphatic carbocycles. The van der Waals surface area contributed by atoms with Crippen molar-refractivity contribution in [3.8, 4) is 0 Å². The van der Waals surface area contributed by atoms with E-state index in [0.29, 0.717) is 27.2 Å². The first-order chi connectivity index (χ1) is 15.6. The topological polar surface area (TPSA) is 69.9 Å². The second kappa shape index (κ2) is 10.0. The highest BCUT2D eigenvalue weighted by Gasteiger charge is 2.33. The van der Waals surface area contributed by atoms with Crippen molar-refractivity contribution in [1.82, 2.24) is 4.57 Å². The Morgan fingerprint density at radius 2 is 2.00 bits per heavy atom. The number of thiazole rings is 1. The number of fused-ring (bicyclic) bond motifs is 1. The predicted octanol–water partition coefficient (Wildman–Crippen LogP) is 3.15. The fourth-order valence-electron chi connectivity index (χ4n) is 3.42. The smallest absolute Gasteiger partial charge is 0.338 e. The summed E-state index contributed by atoms with van der Waals surface area (Å²) in [6.07, 6.45) is 5.59. The Hall–Kier alpha value is -3.07. The van der Waals surface area contributed by atoms with Gasteiger partial charge in [-0.25, -0.2) is 9.79 Å². The van der Waals surface area contributed by atoms with E-state index in [4.69, 9.17) is 9.47 Å². The van der Waals surface area contributed by atoms with Gasteiger partial charge in [0, 0.05) is 12.0 Å². The highest BCUT2D eigenvalue weighted by Crippen LogP contribution is 2.33. The fourth-order valence-corrected chi connectivity index (χ4v) is 5.24. The SMILES string of the molecule is COCCOC(=O)C1=C(C)N=c2s/c(=C/C=C/c3ccccc3)c(=O)n2C1c1cccs1. The molecule has 1 aliphatic heterocycles. The van der Waals surface area contributed by atoms with Crippen LogP contribution in [0, 0.1) is 0 Å². The van der Waals surface area contributed by atoms with Gasteiger partial charge in [-0.05, 0) is 30.0 Å². The number of rotatable bonds is 7. The molecule has 6 nitrogen and oxygen atoms in total. The van der Waals surface area contributed by atoms with Crippen LogP contribution in [0.3, 0.4) is 0 Å². The fraction of sp³-hybridized carbons (Fsp3) is 0.208. The molecule has 2 aromatic heterocycles. The molecule has 164 valence electrons. The number of methoxy groups -OCH3 is 1. The minimum Gasteiger partial charge on any atom is -0.460 e. The Labute approximate surface area is 193 Å². The van der Waals surface area contributed by atoms with E-state index in [1.54, 1.807) is 24.7 Å². The summed E-state index contributed by atoms with van der Waals surface area (Å²) in [5.41, 5.74) is 1.80. The summed E-state index contributed by atoms with van der Waals surface area (Å²) < 4.78 is 12.5. The monoisotopic (exact) mass is 466 g/mol. The summed E-state index contributed by atoms with van der Waals surface area (Å²) in [7, 11) is 1.55. The van der Waals surface area contributed by atoms with Gasteiger partial charge in [0.05, 0.1) is 22.4 Å². The van der Waals surface area contributed by atoms with Crippen LogP contribution in [-0.4, -0.2) is 30.9 Å². The lowest BCUT2D eigenvalue weighted by molar-refractivity contribution is -0.140. The molecule has 0 bridgehead atoms. The van der Waals surface area contributed by atoms with E-state index in [1.165, 1.54) is 22.7 Å². The van der Waals surface area contributed by atoms with Crippen LogP contribution >= 0.6 is 22.7 Å². The molecule has 32 heavy (non-hydrogen) atoms. The van der Waals surface area contributed by atoms with Crippen molar-refractivity contribution in [3.63, 3.8) is 0 Å². The molecule has 0 radical (unpaired) electrons. The molecule has 0 saturated heterocycles. The third-order valence-electron chi connectivity index (χ3n) is 4.91. The van der Waals surface area contributed by atoms with Crippen molar-refractivity contribution in [2.45, 2.75) is 13.0 Å². The molecular formula is C24H22N2O4S2. The van der Waals surface area contributed by atoms with E-state index in [2.05, 4.69) is 4.99 Å². The summed E-state index contributed by atoms with van der Waals surface area (Å²) in [4.78, 5) is 32.3.